The van der Waals surface area contributed by atoms with Crippen LogP contribution in [-0.2, 0) is 38.3 Å². The second-order valence-electron chi connectivity index (χ2n) is 14.5. The van der Waals surface area contributed by atoms with Crippen molar-refractivity contribution in [3.8, 4) is 16.9 Å². The third-order valence-corrected chi connectivity index (χ3v) is 10.2. The number of benzene rings is 2. The van der Waals surface area contributed by atoms with Crippen LogP contribution in [0.1, 0.15) is 126 Å². The van der Waals surface area contributed by atoms with Crippen LogP contribution < -0.4 is 4.74 Å². The fourth-order valence-electron chi connectivity index (χ4n) is 7.05. The third-order valence-electron chi connectivity index (χ3n) is 10.2. The number of hydrogen-bond acceptors (Lipinski definition) is 7. The Balaban J connectivity index is 1.94. The number of ether oxygens (including phenoxy) is 3. The Morgan fingerprint density at radius 2 is 1.37 bits per heavy atom. The zero-order valence-corrected chi connectivity index (χ0v) is 31.9. The van der Waals surface area contributed by atoms with Gasteiger partial charge in [-0.25, -0.2) is 9.59 Å². The minimum atomic E-state index is -0.401. The van der Waals surface area contributed by atoms with Crippen molar-refractivity contribution in [2.24, 2.45) is 11.8 Å². The molecule has 51 heavy (non-hydrogen) atoms. The zero-order valence-electron chi connectivity index (χ0n) is 31.9. The summed E-state index contributed by atoms with van der Waals surface area (Å²) in [5.41, 5.74) is 7.83. The van der Waals surface area contributed by atoms with Crippen LogP contribution in [0.2, 0.25) is 0 Å². The van der Waals surface area contributed by atoms with Crippen LogP contribution in [0.25, 0.3) is 11.1 Å². The first-order valence-electron chi connectivity index (χ1n) is 19.4. The molecule has 2 N–H and O–H groups in total. The van der Waals surface area contributed by atoms with E-state index in [4.69, 9.17) is 14.2 Å². The first-order valence-corrected chi connectivity index (χ1v) is 19.4. The monoisotopic (exact) mass is 704 g/mol. The number of hydrogen-bond donors (Lipinski definition) is 2. The lowest BCUT2D eigenvalue weighted by molar-refractivity contribution is -0.139. The molecule has 0 atom stereocenters. The van der Waals surface area contributed by atoms with Gasteiger partial charge < -0.3 is 24.4 Å². The van der Waals surface area contributed by atoms with Crippen LogP contribution in [0.15, 0.2) is 54.6 Å². The summed E-state index contributed by atoms with van der Waals surface area (Å²) >= 11 is 0. The minimum Gasteiger partial charge on any atom is -0.493 e. The van der Waals surface area contributed by atoms with E-state index in [0.717, 1.165) is 34.8 Å². The Kier molecular flexibility index (Phi) is 18.5. The molecule has 0 amide bonds. The largest absolute Gasteiger partial charge is 0.493 e. The molecule has 1 aliphatic rings. The minimum absolute atomic E-state index is 0.114. The van der Waals surface area contributed by atoms with Gasteiger partial charge in [-0.05, 0) is 135 Å². The molecule has 0 radical (unpaired) electrons. The van der Waals surface area contributed by atoms with Gasteiger partial charge in [-0.2, -0.15) is 0 Å². The normalized spacial score (nSPS) is 15.8. The van der Waals surface area contributed by atoms with Gasteiger partial charge in [0.1, 0.15) is 5.75 Å². The highest BCUT2D eigenvalue weighted by atomic mass is 16.5. The van der Waals surface area contributed by atoms with Gasteiger partial charge in [0.05, 0.1) is 19.8 Å². The van der Waals surface area contributed by atoms with Gasteiger partial charge in [-0.3, -0.25) is 0 Å². The Bertz CT molecular complexity index is 1360. The van der Waals surface area contributed by atoms with Crippen LogP contribution in [0.4, 0.5) is 0 Å². The molecular weight excluding hydrogens is 640 g/mol. The molecule has 1 fully saturated rings. The number of carbonyl (C=O) groups is 2. The van der Waals surface area contributed by atoms with E-state index >= 15 is 0 Å². The van der Waals surface area contributed by atoms with Crippen molar-refractivity contribution in [2.45, 2.75) is 124 Å². The van der Waals surface area contributed by atoms with E-state index < -0.39 is 11.9 Å². The highest BCUT2D eigenvalue weighted by Gasteiger charge is 2.23. The molecule has 1 aliphatic carbocycles. The molecule has 0 aliphatic heterocycles. The van der Waals surface area contributed by atoms with Gasteiger partial charge in [-0.1, -0.05) is 70.9 Å². The Labute approximate surface area is 307 Å². The fraction of sp³-hybridized carbons (Fsp3) is 0.591. The molecule has 7 heteroatoms. The molecule has 0 saturated heterocycles. The lowest BCUT2D eigenvalue weighted by Crippen LogP contribution is -2.16. The molecule has 2 aromatic carbocycles. The highest BCUT2D eigenvalue weighted by Crippen LogP contribution is 2.40. The van der Waals surface area contributed by atoms with Crippen molar-refractivity contribution < 1.29 is 34.0 Å². The van der Waals surface area contributed by atoms with Crippen LogP contribution in [-0.4, -0.2) is 55.2 Å². The summed E-state index contributed by atoms with van der Waals surface area (Å²) in [4.78, 5) is 24.1. The predicted molar refractivity (Wildman–Crippen MR) is 206 cm³/mol. The lowest BCUT2D eigenvalue weighted by Gasteiger charge is -2.29. The van der Waals surface area contributed by atoms with E-state index in [2.05, 4.69) is 57.3 Å². The molecule has 0 unspecified atom stereocenters. The summed E-state index contributed by atoms with van der Waals surface area (Å²) in [5, 5.41) is 19.3. The van der Waals surface area contributed by atoms with Crippen LogP contribution >= 0.6 is 0 Å². The van der Waals surface area contributed by atoms with E-state index in [-0.39, 0.29) is 32.3 Å². The first kappa shape index (κ1) is 42.0. The maximum absolute atomic E-state index is 12.1. The van der Waals surface area contributed by atoms with E-state index in [1.54, 1.807) is 13.8 Å². The zero-order chi connectivity index (χ0) is 37.2. The standard InChI is InChI=1S/C44H64O7/c1-7-9-10-13-33-16-18-36(19-17-33)37-20-21-41(35(8-2)26-37)40-27-38(14-11-23-50-43(47)31(3)4)42(49-25-22-34(29-45)30-46)39(28-40)15-12-24-51-44(48)32(5)6/h20-21,26-28,33-34,36,45-46H,3,5,7-19,22-25,29-30H2,1-2,4,6H3. The summed E-state index contributed by atoms with van der Waals surface area (Å²) < 4.78 is 17.3. The van der Waals surface area contributed by atoms with Crippen molar-refractivity contribution in [2.75, 3.05) is 33.0 Å². The van der Waals surface area contributed by atoms with E-state index in [9.17, 15) is 19.8 Å². The van der Waals surface area contributed by atoms with Crippen LogP contribution in [0.3, 0.4) is 0 Å². The topological polar surface area (TPSA) is 102 Å². The smallest absolute Gasteiger partial charge is 0.333 e. The molecule has 0 aromatic heterocycles. The average molecular weight is 705 g/mol. The van der Waals surface area contributed by atoms with Crippen molar-refractivity contribution in [3.05, 3.63) is 76.9 Å². The summed E-state index contributed by atoms with van der Waals surface area (Å²) in [6.07, 6.45) is 14.4. The molecule has 0 bridgehead atoms. The van der Waals surface area contributed by atoms with Gasteiger partial charge >= 0.3 is 11.9 Å². The number of carbonyl (C=O) groups excluding carboxylic acids is 2. The SMILES string of the molecule is C=C(C)C(=O)OCCCc1cc(-c2ccc(C3CCC(CCCCC)CC3)cc2CC)cc(CCCOC(=O)C(=C)C)c1OCCC(CO)CO. The molecular formula is C44H64O7. The molecule has 282 valence electrons. The number of aryl methyl sites for hydroxylation is 3. The second-order valence-corrected chi connectivity index (χ2v) is 14.5. The maximum Gasteiger partial charge on any atom is 0.333 e. The summed E-state index contributed by atoms with van der Waals surface area (Å²) in [7, 11) is 0. The summed E-state index contributed by atoms with van der Waals surface area (Å²) in [5.74, 6) is 1.18. The molecule has 7 nitrogen and oxygen atoms in total. The summed E-state index contributed by atoms with van der Waals surface area (Å²) in [6, 6.07) is 11.5. The van der Waals surface area contributed by atoms with E-state index in [1.807, 2.05) is 0 Å². The average Bonchev–Trinajstić information content (AvgIpc) is 3.13. The number of aliphatic hydroxyl groups excluding tert-OH is 2. The Morgan fingerprint density at radius 1 is 0.784 bits per heavy atom. The van der Waals surface area contributed by atoms with Crippen LogP contribution in [0.5, 0.6) is 5.75 Å². The molecule has 0 heterocycles. The quantitative estimate of drug-likeness (QED) is 0.0676. The van der Waals surface area contributed by atoms with Crippen molar-refractivity contribution in [3.63, 3.8) is 0 Å². The Morgan fingerprint density at radius 3 is 1.88 bits per heavy atom. The first-order chi connectivity index (χ1) is 24.6. The van der Waals surface area contributed by atoms with Crippen LogP contribution in [0, 0.1) is 11.8 Å². The van der Waals surface area contributed by atoms with Gasteiger partial charge in [0.15, 0.2) is 0 Å². The fourth-order valence-corrected chi connectivity index (χ4v) is 7.05. The predicted octanol–water partition coefficient (Wildman–Crippen LogP) is 9.24. The molecule has 1 saturated carbocycles. The number of esters is 2. The molecule has 3 rings (SSSR count). The third kappa shape index (κ3) is 13.6. The highest BCUT2D eigenvalue weighted by molar-refractivity contribution is 5.87. The van der Waals surface area contributed by atoms with Gasteiger partial charge in [0, 0.05) is 30.3 Å². The van der Waals surface area contributed by atoms with Gasteiger partial charge in [-0.15, -0.1) is 0 Å². The summed E-state index contributed by atoms with van der Waals surface area (Å²) in [6.45, 7) is 15.8. The molecule has 0 spiro atoms. The van der Waals surface area contributed by atoms with Crippen molar-refractivity contribution >= 4 is 11.9 Å². The molecule has 2 aromatic rings. The number of unbranched alkanes of at least 4 members (excludes halogenated alkanes) is 2. The number of rotatable bonds is 23. The Hall–Kier alpha value is -3.42. The number of aliphatic hydroxyl groups is 2. The second kappa shape index (κ2) is 22.5. The van der Waals surface area contributed by atoms with Gasteiger partial charge in [0.25, 0.3) is 0 Å². The van der Waals surface area contributed by atoms with E-state index in [1.165, 1.54) is 68.1 Å². The van der Waals surface area contributed by atoms with Crippen molar-refractivity contribution in [1.29, 1.82) is 0 Å². The maximum atomic E-state index is 12.1. The van der Waals surface area contributed by atoms with E-state index in [0.29, 0.717) is 55.8 Å². The lowest BCUT2D eigenvalue weighted by atomic mass is 9.76. The van der Waals surface area contributed by atoms with Crippen molar-refractivity contribution in [1.82, 2.24) is 0 Å². The van der Waals surface area contributed by atoms with Gasteiger partial charge in [0.2, 0.25) is 0 Å².